The molecule has 1 N–H and O–H groups in total. The average molecular weight is 508 g/mol. The first-order chi connectivity index (χ1) is 17.1. The van der Waals surface area contributed by atoms with Crippen molar-refractivity contribution in [2.75, 3.05) is 36.4 Å². The number of amides is 1. The van der Waals surface area contributed by atoms with E-state index in [4.69, 9.17) is 4.74 Å². The fraction of sp³-hybridized carbons (Fsp3) is 0.500. The lowest BCUT2D eigenvalue weighted by molar-refractivity contribution is -0.388. The third-order valence-electron chi connectivity index (χ3n) is 6.59. The minimum absolute atomic E-state index is 0.0655. The van der Waals surface area contributed by atoms with Crippen LogP contribution in [0.5, 0.6) is 5.88 Å². The van der Waals surface area contributed by atoms with Crippen LogP contribution >= 0.6 is 0 Å². The van der Waals surface area contributed by atoms with E-state index in [-0.39, 0.29) is 23.7 Å². The average Bonchev–Trinajstić information content (AvgIpc) is 2.85. The summed E-state index contributed by atoms with van der Waals surface area (Å²) in [5.74, 6) is 1.38. The summed E-state index contributed by atoms with van der Waals surface area (Å²) in [4.78, 5) is 30.0. The number of carbonyl (C=O) groups is 1. The normalized spacial score (nSPS) is 20.7. The molecule has 1 amide bonds. The Labute approximate surface area is 206 Å². The molecule has 0 spiro atoms. The van der Waals surface area contributed by atoms with Crippen molar-refractivity contribution in [3.63, 3.8) is 0 Å². The number of ether oxygens (including phenoxy) is 1. The largest absolute Gasteiger partial charge is 0.474 e. The molecule has 2 aromatic rings. The number of halogens is 3. The van der Waals surface area contributed by atoms with Gasteiger partial charge in [0.1, 0.15) is 17.5 Å². The van der Waals surface area contributed by atoms with Gasteiger partial charge in [-0.2, -0.15) is 18.2 Å². The van der Waals surface area contributed by atoms with E-state index in [0.717, 1.165) is 18.0 Å². The van der Waals surface area contributed by atoms with Gasteiger partial charge < -0.3 is 19.9 Å². The van der Waals surface area contributed by atoms with Crippen LogP contribution in [-0.2, 0) is 11.0 Å². The molecule has 2 heterocycles. The second kappa shape index (κ2) is 10.6. The molecule has 2 fully saturated rings. The third-order valence-corrected chi connectivity index (χ3v) is 6.59. The first-order valence-electron chi connectivity index (χ1n) is 11.9. The predicted molar refractivity (Wildman–Crippen MR) is 127 cm³/mol. The van der Waals surface area contributed by atoms with E-state index in [2.05, 4.69) is 15.2 Å². The van der Waals surface area contributed by atoms with Gasteiger partial charge in [-0.05, 0) is 43.9 Å². The molecule has 1 saturated carbocycles. The van der Waals surface area contributed by atoms with E-state index in [1.807, 2.05) is 17.0 Å². The fourth-order valence-electron chi connectivity index (χ4n) is 4.64. The molecule has 4 rings (SSSR count). The highest BCUT2D eigenvalue weighted by Crippen LogP contribution is 2.38. The smallest absolute Gasteiger partial charge is 0.423 e. The SMILES string of the molecule is CC(=O)N1CCN(c2cccc(OC3CCC(Nc4ccc([N+](=O)[O-])c(C(F)(F)F)c4)CC3)n2)CC1. The summed E-state index contributed by atoms with van der Waals surface area (Å²) in [5, 5.41) is 14.0. The summed E-state index contributed by atoms with van der Waals surface area (Å²) in [6.07, 6.45) is -2.14. The van der Waals surface area contributed by atoms with E-state index >= 15 is 0 Å². The molecular formula is C24H28F3N5O4. The van der Waals surface area contributed by atoms with E-state index in [1.54, 1.807) is 13.0 Å². The number of piperazine rings is 1. The van der Waals surface area contributed by atoms with Gasteiger partial charge in [0, 0.05) is 57.0 Å². The molecule has 1 aromatic carbocycles. The van der Waals surface area contributed by atoms with Crippen molar-refractivity contribution in [1.29, 1.82) is 0 Å². The Kier molecular flexibility index (Phi) is 7.51. The highest BCUT2D eigenvalue weighted by Gasteiger charge is 2.38. The molecule has 0 radical (unpaired) electrons. The van der Waals surface area contributed by atoms with Crippen LogP contribution in [0.4, 0.5) is 30.4 Å². The van der Waals surface area contributed by atoms with Crippen LogP contribution in [0.15, 0.2) is 36.4 Å². The van der Waals surface area contributed by atoms with Gasteiger partial charge in [-0.3, -0.25) is 14.9 Å². The van der Waals surface area contributed by atoms with Crippen molar-refractivity contribution in [2.24, 2.45) is 0 Å². The van der Waals surface area contributed by atoms with Crippen LogP contribution in [0.1, 0.15) is 38.2 Å². The van der Waals surface area contributed by atoms with Crippen molar-refractivity contribution >= 4 is 23.1 Å². The zero-order valence-electron chi connectivity index (χ0n) is 19.8. The van der Waals surface area contributed by atoms with Crippen molar-refractivity contribution in [2.45, 2.75) is 50.9 Å². The van der Waals surface area contributed by atoms with Crippen molar-refractivity contribution in [3.8, 4) is 5.88 Å². The molecule has 9 nitrogen and oxygen atoms in total. The molecule has 0 unspecified atom stereocenters. The Morgan fingerprint density at radius 3 is 2.42 bits per heavy atom. The number of carbonyl (C=O) groups excluding carboxylic acids is 1. The maximum Gasteiger partial charge on any atom is 0.423 e. The molecule has 1 saturated heterocycles. The Morgan fingerprint density at radius 2 is 1.81 bits per heavy atom. The number of nitro benzene ring substituents is 1. The van der Waals surface area contributed by atoms with Crippen molar-refractivity contribution in [1.82, 2.24) is 9.88 Å². The maximum absolute atomic E-state index is 13.2. The summed E-state index contributed by atoms with van der Waals surface area (Å²) in [6.45, 7) is 4.27. The lowest BCUT2D eigenvalue weighted by Gasteiger charge is -2.35. The standard InChI is InChI=1S/C24H28F3N5O4/c1-16(33)30-11-13-31(14-12-30)22-3-2-4-23(29-22)36-19-8-5-17(6-9-19)28-18-7-10-21(32(34)35)20(15-18)24(25,26)27/h2-4,7,10,15,17,19,28H,5-6,8-9,11-14H2,1H3. The number of hydrogen-bond acceptors (Lipinski definition) is 7. The minimum Gasteiger partial charge on any atom is -0.474 e. The lowest BCUT2D eigenvalue weighted by atomic mass is 9.92. The maximum atomic E-state index is 13.2. The topological polar surface area (TPSA) is 101 Å². The summed E-state index contributed by atoms with van der Waals surface area (Å²) < 4.78 is 45.8. The van der Waals surface area contributed by atoms with Gasteiger partial charge >= 0.3 is 6.18 Å². The predicted octanol–water partition coefficient (Wildman–Crippen LogP) is 4.48. The Bertz CT molecular complexity index is 1100. The number of benzene rings is 1. The Morgan fingerprint density at radius 1 is 1.11 bits per heavy atom. The summed E-state index contributed by atoms with van der Waals surface area (Å²) in [7, 11) is 0. The molecule has 12 heteroatoms. The zero-order chi connectivity index (χ0) is 25.9. The van der Waals surface area contributed by atoms with Crippen LogP contribution in [-0.4, -0.2) is 59.0 Å². The van der Waals surface area contributed by atoms with Gasteiger partial charge in [0.15, 0.2) is 0 Å². The molecule has 1 aliphatic heterocycles. The number of nitrogens with zero attached hydrogens (tertiary/aromatic N) is 4. The number of pyridine rings is 1. The fourth-order valence-corrected chi connectivity index (χ4v) is 4.64. The van der Waals surface area contributed by atoms with Crippen LogP contribution in [0.25, 0.3) is 0 Å². The van der Waals surface area contributed by atoms with Gasteiger partial charge in [-0.15, -0.1) is 0 Å². The van der Waals surface area contributed by atoms with Crippen LogP contribution in [0.2, 0.25) is 0 Å². The van der Waals surface area contributed by atoms with Gasteiger partial charge in [0.05, 0.1) is 4.92 Å². The van der Waals surface area contributed by atoms with Crippen molar-refractivity contribution in [3.05, 3.63) is 52.1 Å². The number of rotatable bonds is 6. The molecule has 1 aliphatic carbocycles. The quantitative estimate of drug-likeness (QED) is 0.455. The third kappa shape index (κ3) is 6.16. The number of nitro groups is 1. The van der Waals surface area contributed by atoms with Crippen LogP contribution in [0, 0.1) is 10.1 Å². The molecule has 194 valence electrons. The number of alkyl halides is 3. The lowest BCUT2D eigenvalue weighted by Crippen LogP contribution is -2.48. The summed E-state index contributed by atoms with van der Waals surface area (Å²) >= 11 is 0. The van der Waals surface area contributed by atoms with E-state index in [1.165, 1.54) is 6.07 Å². The van der Waals surface area contributed by atoms with Gasteiger partial charge in [0.25, 0.3) is 5.69 Å². The van der Waals surface area contributed by atoms with Gasteiger partial charge in [-0.1, -0.05) is 6.07 Å². The summed E-state index contributed by atoms with van der Waals surface area (Å²) in [6, 6.07) is 8.53. The number of aromatic nitrogens is 1. The van der Waals surface area contributed by atoms with Gasteiger partial charge in [0.2, 0.25) is 11.8 Å². The molecule has 36 heavy (non-hydrogen) atoms. The first kappa shape index (κ1) is 25.5. The van der Waals surface area contributed by atoms with Crippen molar-refractivity contribution < 1.29 is 27.6 Å². The van der Waals surface area contributed by atoms with Crippen LogP contribution < -0.4 is 15.0 Å². The Balaban J connectivity index is 1.31. The minimum atomic E-state index is -4.81. The molecule has 2 aliphatic rings. The first-order valence-corrected chi connectivity index (χ1v) is 11.9. The van der Waals surface area contributed by atoms with E-state index < -0.39 is 22.4 Å². The number of hydrogen-bond donors (Lipinski definition) is 1. The second-order valence-electron chi connectivity index (χ2n) is 9.05. The monoisotopic (exact) mass is 507 g/mol. The van der Waals surface area contributed by atoms with E-state index in [0.29, 0.717) is 57.7 Å². The molecular weight excluding hydrogens is 479 g/mol. The Hall–Kier alpha value is -3.57. The second-order valence-corrected chi connectivity index (χ2v) is 9.05. The zero-order valence-corrected chi connectivity index (χ0v) is 19.8. The van der Waals surface area contributed by atoms with E-state index in [9.17, 15) is 28.1 Å². The highest BCUT2D eigenvalue weighted by molar-refractivity contribution is 5.73. The summed E-state index contributed by atoms with van der Waals surface area (Å²) in [5.41, 5.74) is -2.01. The number of anilines is 2. The molecule has 0 bridgehead atoms. The highest BCUT2D eigenvalue weighted by atomic mass is 19.4. The molecule has 1 aromatic heterocycles. The van der Waals surface area contributed by atoms with Gasteiger partial charge in [-0.25, -0.2) is 0 Å². The van der Waals surface area contributed by atoms with Crippen LogP contribution in [0.3, 0.4) is 0 Å². The molecule has 0 atom stereocenters. The number of nitrogens with one attached hydrogen (secondary N) is 1.